The molecule has 0 aromatic carbocycles. The lowest BCUT2D eigenvalue weighted by Gasteiger charge is -2.22. The number of fused-ring (bicyclic) bond motifs is 2. The van der Waals surface area contributed by atoms with Gasteiger partial charge < -0.3 is 15.2 Å². The molecule has 0 radical (unpaired) electrons. The number of anilines is 1. The van der Waals surface area contributed by atoms with Crippen molar-refractivity contribution in [2.24, 2.45) is 0 Å². The Morgan fingerprint density at radius 2 is 2.07 bits per heavy atom. The van der Waals surface area contributed by atoms with Gasteiger partial charge in [-0.3, -0.25) is 4.98 Å². The van der Waals surface area contributed by atoms with Gasteiger partial charge in [0.05, 0.1) is 16.7 Å². The Kier molecular flexibility index (Phi) is 4.79. The molecule has 30 heavy (non-hydrogen) atoms. The summed E-state index contributed by atoms with van der Waals surface area (Å²) < 4.78 is 0. The van der Waals surface area contributed by atoms with Crippen LogP contribution in [0.3, 0.4) is 0 Å². The molecule has 154 valence electrons. The Labute approximate surface area is 179 Å². The number of nitrogens with one attached hydrogen (secondary N) is 2. The third kappa shape index (κ3) is 3.18. The van der Waals surface area contributed by atoms with Gasteiger partial charge in [0.15, 0.2) is 5.82 Å². The molecular formula is C22H24ClN7. The summed E-state index contributed by atoms with van der Waals surface area (Å²) in [5.41, 5.74) is 4.62. The largest absolute Gasteiger partial charge is 0.358 e. The highest BCUT2D eigenvalue weighted by molar-refractivity contribution is 6.37. The summed E-state index contributed by atoms with van der Waals surface area (Å²) in [6.45, 7) is 3.64. The molecule has 4 aromatic rings. The van der Waals surface area contributed by atoms with Gasteiger partial charge in [0.1, 0.15) is 11.5 Å². The van der Waals surface area contributed by atoms with Gasteiger partial charge in [-0.05, 0) is 44.4 Å². The van der Waals surface area contributed by atoms with Crippen molar-refractivity contribution in [1.82, 2.24) is 30.2 Å². The summed E-state index contributed by atoms with van der Waals surface area (Å²) >= 11 is 6.60. The molecule has 0 bridgehead atoms. The SMILES string of the molecule is CNCCN(C)c1nc(-c2ccnc3[nH]c(C)c(Cl)c23)nc2cncc(C3CC3)c12. The summed E-state index contributed by atoms with van der Waals surface area (Å²) in [7, 11) is 4.04. The third-order valence-electron chi connectivity index (χ3n) is 5.74. The first kappa shape index (κ1) is 19.2. The van der Waals surface area contributed by atoms with Crippen LogP contribution in [0.2, 0.25) is 5.02 Å². The summed E-state index contributed by atoms with van der Waals surface area (Å²) in [4.78, 5) is 24.3. The molecule has 0 saturated heterocycles. The molecule has 7 nitrogen and oxygen atoms in total. The minimum Gasteiger partial charge on any atom is -0.358 e. The lowest BCUT2D eigenvalue weighted by molar-refractivity contribution is 0.762. The minimum atomic E-state index is 0.557. The molecule has 1 aliphatic rings. The number of pyridine rings is 2. The van der Waals surface area contributed by atoms with E-state index in [1.807, 2.05) is 32.4 Å². The molecular weight excluding hydrogens is 398 g/mol. The van der Waals surface area contributed by atoms with Gasteiger partial charge in [-0.1, -0.05) is 11.6 Å². The van der Waals surface area contributed by atoms with E-state index in [1.165, 1.54) is 18.4 Å². The fraction of sp³-hybridized carbons (Fsp3) is 0.364. The first-order valence-corrected chi connectivity index (χ1v) is 10.6. The molecule has 0 spiro atoms. The summed E-state index contributed by atoms with van der Waals surface area (Å²) in [6.07, 6.45) is 7.98. The number of aromatic nitrogens is 5. The maximum Gasteiger partial charge on any atom is 0.163 e. The van der Waals surface area contributed by atoms with E-state index < -0.39 is 0 Å². The van der Waals surface area contributed by atoms with Gasteiger partial charge in [-0.15, -0.1) is 0 Å². The molecule has 1 aliphatic carbocycles. The molecule has 4 heterocycles. The van der Waals surface area contributed by atoms with E-state index >= 15 is 0 Å². The first-order chi connectivity index (χ1) is 14.6. The second-order valence-corrected chi connectivity index (χ2v) is 8.32. The number of likely N-dealkylation sites (N-methyl/N-ethyl adjacent to an activating group) is 2. The standard InChI is InChI=1S/C22H24ClN7/c1-12-19(23)18-14(6-7-26-21(18)27-12)20-28-16-11-25-10-15(13-4-5-13)17(16)22(29-20)30(3)9-8-24-2/h6-7,10-11,13,24H,4-5,8-9H2,1-3H3,(H,26,27). The van der Waals surface area contributed by atoms with E-state index in [2.05, 4.69) is 32.2 Å². The average molecular weight is 422 g/mol. The monoisotopic (exact) mass is 421 g/mol. The van der Waals surface area contributed by atoms with Crippen molar-refractivity contribution < 1.29 is 0 Å². The Bertz CT molecular complexity index is 1250. The molecule has 4 aromatic heterocycles. The molecule has 0 aliphatic heterocycles. The topological polar surface area (TPSA) is 82.6 Å². The van der Waals surface area contributed by atoms with Crippen LogP contribution < -0.4 is 10.2 Å². The summed E-state index contributed by atoms with van der Waals surface area (Å²) in [5.74, 6) is 2.13. The van der Waals surface area contributed by atoms with Gasteiger partial charge in [0.25, 0.3) is 0 Å². The van der Waals surface area contributed by atoms with Crippen LogP contribution in [0.1, 0.15) is 30.0 Å². The zero-order valence-corrected chi connectivity index (χ0v) is 18.1. The number of halogens is 1. The smallest absolute Gasteiger partial charge is 0.163 e. The lowest BCUT2D eigenvalue weighted by Crippen LogP contribution is -2.28. The zero-order chi connectivity index (χ0) is 20.8. The number of rotatable bonds is 6. The van der Waals surface area contributed by atoms with Gasteiger partial charge in [-0.25, -0.2) is 15.0 Å². The van der Waals surface area contributed by atoms with E-state index in [-0.39, 0.29) is 0 Å². The zero-order valence-electron chi connectivity index (χ0n) is 17.3. The van der Waals surface area contributed by atoms with Crippen LogP contribution in [0.15, 0.2) is 24.7 Å². The Balaban J connectivity index is 1.77. The fourth-order valence-corrected chi connectivity index (χ4v) is 4.20. The van der Waals surface area contributed by atoms with Crippen LogP contribution in [0.4, 0.5) is 5.82 Å². The highest BCUT2D eigenvalue weighted by Crippen LogP contribution is 2.45. The number of H-pyrrole nitrogens is 1. The van der Waals surface area contributed by atoms with Crippen LogP contribution in [0.5, 0.6) is 0 Å². The van der Waals surface area contributed by atoms with E-state index in [1.54, 1.807) is 6.20 Å². The second kappa shape index (κ2) is 7.49. The molecule has 1 fully saturated rings. The summed E-state index contributed by atoms with van der Waals surface area (Å²) in [5, 5.41) is 5.84. The molecule has 0 unspecified atom stereocenters. The van der Waals surface area contributed by atoms with E-state index in [0.29, 0.717) is 16.8 Å². The van der Waals surface area contributed by atoms with E-state index in [4.69, 9.17) is 21.6 Å². The lowest BCUT2D eigenvalue weighted by atomic mass is 10.1. The Hall–Kier alpha value is -2.77. The second-order valence-electron chi connectivity index (χ2n) is 7.94. The minimum absolute atomic E-state index is 0.557. The van der Waals surface area contributed by atoms with Gasteiger partial charge in [-0.2, -0.15) is 0 Å². The van der Waals surface area contributed by atoms with Crippen molar-refractivity contribution in [3.63, 3.8) is 0 Å². The average Bonchev–Trinajstić information content (AvgIpc) is 3.56. The molecule has 0 amide bonds. The predicted molar refractivity (Wildman–Crippen MR) is 121 cm³/mol. The Morgan fingerprint density at radius 1 is 1.23 bits per heavy atom. The van der Waals surface area contributed by atoms with Crippen LogP contribution in [0, 0.1) is 6.92 Å². The molecule has 0 atom stereocenters. The van der Waals surface area contributed by atoms with E-state index in [9.17, 15) is 0 Å². The van der Waals surface area contributed by atoms with Crippen molar-refractivity contribution >= 4 is 39.4 Å². The molecule has 8 heteroatoms. The Morgan fingerprint density at radius 3 is 2.83 bits per heavy atom. The van der Waals surface area contributed by atoms with Crippen molar-refractivity contribution in [3.05, 3.63) is 40.9 Å². The number of hydrogen-bond donors (Lipinski definition) is 2. The maximum absolute atomic E-state index is 6.60. The number of hydrogen-bond acceptors (Lipinski definition) is 6. The predicted octanol–water partition coefficient (Wildman–Crippen LogP) is 4.06. The summed E-state index contributed by atoms with van der Waals surface area (Å²) in [6, 6.07) is 1.93. The van der Waals surface area contributed by atoms with Crippen molar-refractivity contribution in [2.75, 3.05) is 32.1 Å². The fourth-order valence-electron chi connectivity index (χ4n) is 3.96. The van der Waals surface area contributed by atoms with Crippen LogP contribution >= 0.6 is 11.6 Å². The number of aromatic amines is 1. The van der Waals surface area contributed by atoms with Crippen LogP contribution in [0.25, 0.3) is 33.3 Å². The quantitative estimate of drug-likeness (QED) is 0.488. The highest BCUT2D eigenvalue weighted by atomic mass is 35.5. The molecule has 2 N–H and O–H groups in total. The number of aryl methyl sites for hydroxylation is 1. The maximum atomic E-state index is 6.60. The van der Waals surface area contributed by atoms with E-state index in [0.717, 1.165) is 52.1 Å². The number of nitrogens with zero attached hydrogens (tertiary/aromatic N) is 5. The van der Waals surface area contributed by atoms with Crippen LogP contribution in [-0.4, -0.2) is 52.1 Å². The highest BCUT2D eigenvalue weighted by Gasteiger charge is 2.28. The van der Waals surface area contributed by atoms with Gasteiger partial charge in [0.2, 0.25) is 0 Å². The molecule has 1 saturated carbocycles. The first-order valence-electron chi connectivity index (χ1n) is 10.2. The van der Waals surface area contributed by atoms with Crippen LogP contribution in [-0.2, 0) is 0 Å². The normalized spacial score (nSPS) is 14.0. The van der Waals surface area contributed by atoms with Gasteiger partial charge >= 0.3 is 0 Å². The van der Waals surface area contributed by atoms with Crippen molar-refractivity contribution in [2.45, 2.75) is 25.7 Å². The molecule has 5 rings (SSSR count). The van der Waals surface area contributed by atoms with Crippen molar-refractivity contribution in [1.29, 1.82) is 0 Å². The third-order valence-corrected chi connectivity index (χ3v) is 6.21. The van der Waals surface area contributed by atoms with Gasteiger partial charge in [0, 0.05) is 54.6 Å². The van der Waals surface area contributed by atoms with Crippen molar-refractivity contribution in [3.8, 4) is 11.4 Å².